The molecule has 0 aliphatic rings. The Morgan fingerprint density at radius 2 is 1.73 bits per heavy atom. The van der Waals surface area contributed by atoms with Crippen LogP contribution in [0.2, 0.25) is 0 Å². The van der Waals surface area contributed by atoms with Crippen molar-refractivity contribution in [3.05, 3.63) is 66.1 Å². The fraction of sp³-hybridized carbons (Fsp3) is 0.200. The van der Waals surface area contributed by atoms with Crippen LogP contribution in [0.4, 0.5) is 27.5 Å². The zero-order chi connectivity index (χ0) is 24.1. The van der Waals surface area contributed by atoms with Gasteiger partial charge in [-0.25, -0.2) is 36.1 Å². The van der Waals surface area contributed by atoms with Gasteiger partial charge in [-0.3, -0.25) is 0 Å². The fourth-order valence-corrected chi connectivity index (χ4v) is 3.92. The number of hydrogen-bond acceptors (Lipinski definition) is 8. The fourth-order valence-electron chi connectivity index (χ4n) is 2.74. The molecule has 1 aromatic heterocycles. The Morgan fingerprint density at radius 3 is 2.39 bits per heavy atom. The Hall–Kier alpha value is -3.13. The highest BCUT2D eigenvalue weighted by atomic mass is 32.2. The van der Waals surface area contributed by atoms with Gasteiger partial charge >= 0.3 is 0 Å². The van der Waals surface area contributed by atoms with Crippen molar-refractivity contribution >= 4 is 43.2 Å². The molecule has 3 rings (SSSR count). The van der Waals surface area contributed by atoms with E-state index in [1.165, 1.54) is 18.2 Å². The van der Waals surface area contributed by atoms with Crippen LogP contribution in [0, 0.1) is 5.82 Å². The van der Waals surface area contributed by atoms with E-state index in [9.17, 15) is 21.2 Å². The van der Waals surface area contributed by atoms with E-state index in [0.29, 0.717) is 17.8 Å². The number of benzene rings is 2. The van der Waals surface area contributed by atoms with Crippen molar-refractivity contribution in [2.24, 2.45) is 5.14 Å². The first-order chi connectivity index (χ1) is 15.6. The molecule has 0 aliphatic heterocycles. The van der Waals surface area contributed by atoms with E-state index in [-0.39, 0.29) is 29.0 Å². The second kappa shape index (κ2) is 10.2. The molecule has 0 aliphatic carbocycles. The van der Waals surface area contributed by atoms with E-state index in [0.717, 1.165) is 11.8 Å². The summed E-state index contributed by atoms with van der Waals surface area (Å²) in [6.45, 7) is 1.85. The topological polar surface area (TPSA) is 156 Å². The van der Waals surface area contributed by atoms with Crippen LogP contribution in [-0.4, -0.2) is 39.1 Å². The molecule has 1 heterocycles. The summed E-state index contributed by atoms with van der Waals surface area (Å²) in [6, 6.07) is 12.8. The number of hydrogen-bond donors (Lipinski definition) is 4. The molecule has 2 aromatic carbocycles. The molecular weight excluding hydrogens is 471 g/mol. The molecule has 10 nitrogen and oxygen atoms in total. The Labute approximate surface area is 191 Å². The minimum Gasteiger partial charge on any atom is -0.338 e. The summed E-state index contributed by atoms with van der Waals surface area (Å²) in [7, 11) is -7.12. The molecule has 0 radical (unpaired) electrons. The normalized spacial score (nSPS) is 11.8. The van der Waals surface area contributed by atoms with Crippen molar-refractivity contribution in [2.45, 2.75) is 18.2 Å². The lowest BCUT2D eigenvalue weighted by molar-refractivity contribution is 0.582. The van der Waals surface area contributed by atoms with Crippen LogP contribution in [0.5, 0.6) is 0 Å². The molecule has 33 heavy (non-hydrogen) atoms. The number of aromatic nitrogens is 2. The zero-order valence-electron chi connectivity index (χ0n) is 17.6. The van der Waals surface area contributed by atoms with Gasteiger partial charge in [0.25, 0.3) is 0 Å². The highest BCUT2D eigenvalue weighted by Gasteiger charge is 2.11. The predicted octanol–water partition coefficient (Wildman–Crippen LogP) is 2.23. The van der Waals surface area contributed by atoms with Crippen molar-refractivity contribution in [2.75, 3.05) is 22.9 Å². The van der Waals surface area contributed by atoms with Crippen LogP contribution < -0.4 is 20.5 Å². The average Bonchev–Trinajstić information content (AvgIpc) is 2.77. The number of nitrogens with two attached hydrogens (primary N) is 1. The zero-order valence-corrected chi connectivity index (χ0v) is 19.2. The molecular formula is C20H23FN6O4S2. The van der Waals surface area contributed by atoms with Crippen LogP contribution >= 0.6 is 0 Å². The summed E-state index contributed by atoms with van der Waals surface area (Å²) in [5.41, 5.74) is 1.83. The average molecular weight is 495 g/mol. The van der Waals surface area contributed by atoms with Gasteiger partial charge < -0.3 is 10.6 Å². The van der Waals surface area contributed by atoms with Crippen molar-refractivity contribution in [1.82, 2.24) is 14.7 Å². The van der Waals surface area contributed by atoms with Crippen molar-refractivity contribution < 1.29 is 21.2 Å². The molecule has 0 saturated carbocycles. The van der Waals surface area contributed by atoms with Gasteiger partial charge in [-0.1, -0.05) is 18.2 Å². The van der Waals surface area contributed by atoms with Gasteiger partial charge in [-0.2, -0.15) is 4.98 Å². The second-order valence-electron chi connectivity index (χ2n) is 6.96. The molecule has 0 saturated heterocycles. The van der Waals surface area contributed by atoms with Crippen LogP contribution in [0.1, 0.15) is 12.5 Å². The molecule has 0 bridgehead atoms. The lowest BCUT2D eigenvalue weighted by atomic mass is 10.1. The Kier molecular flexibility index (Phi) is 7.58. The quantitative estimate of drug-likeness (QED) is 0.334. The van der Waals surface area contributed by atoms with Crippen molar-refractivity contribution in [3.63, 3.8) is 0 Å². The molecule has 0 unspecified atom stereocenters. The third-order valence-corrected chi connectivity index (χ3v) is 6.81. The van der Waals surface area contributed by atoms with Crippen LogP contribution in [0.15, 0.2) is 59.6 Å². The van der Waals surface area contributed by atoms with Gasteiger partial charge in [0.05, 0.1) is 16.8 Å². The Morgan fingerprint density at radius 1 is 1.00 bits per heavy atom. The predicted molar refractivity (Wildman–Crippen MR) is 124 cm³/mol. The summed E-state index contributed by atoms with van der Waals surface area (Å²) in [6.07, 6.45) is 1.49. The van der Waals surface area contributed by atoms with Gasteiger partial charge in [-0.05, 0) is 49.2 Å². The number of halogens is 1. The maximum Gasteiger partial charge on any atom is 0.238 e. The van der Waals surface area contributed by atoms with E-state index >= 15 is 0 Å². The van der Waals surface area contributed by atoms with Gasteiger partial charge in [0.1, 0.15) is 0 Å². The third-order valence-electron chi connectivity index (χ3n) is 4.50. The summed E-state index contributed by atoms with van der Waals surface area (Å²) in [5, 5.41) is 10.8. The molecule has 13 heteroatoms. The smallest absolute Gasteiger partial charge is 0.238 e. The van der Waals surface area contributed by atoms with Gasteiger partial charge in [0.2, 0.25) is 26.0 Å². The molecule has 5 N–H and O–H groups in total. The van der Waals surface area contributed by atoms with Crippen molar-refractivity contribution in [1.29, 1.82) is 0 Å². The number of anilines is 4. The van der Waals surface area contributed by atoms with Crippen LogP contribution in [-0.2, 0) is 26.5 Å². The molecule has 0 amide bonds. The number of sulfonamides is 2. The standard InChI is InChI=1S/C20H23FN6O4S2/c1-2-32(28,29)24-11-10-14-6-8-15(9-7-14)25-19-18(21)13-23-20(27-19)26-16-4-3-5-17(12-16)33(22,30)31/h3-9,12-13,24H,2,10-11H2,1H3,(H2,22,30,31)(H2,23,25,26,27). The monoisotopic (exact) mass is 494 g/mol. The Bertz CT molecular complexity index is 1330. The van der Waals surface area contributed by atoms with E-state index in [2.05, 4.69) is 25.3 Å². The SMILES string of the molecule is CCS(=O)(=O)NCCc1ccc(Nc2nc(Nc3cccc(S(N)(=O)=O)c3)ncc2F)cc1. The number of primary sulfonamides is 1. The number of nitrogens with zero attached hydrogens (tertiary/aromatic N) is 2. The lowest BCUT2D eigenvalue weighted by Gasteiger charge is -2.11. The van der Waals surface area contributed by atoms with Gasteiger partial charge in [-0.15, -0.1) is 0 Å². The van der Waals surface area contributed by atoms with Crippen molar-refractivity contribution in [3.8, 4) is 0 Å². The van der Waals surface area contributed by atoms with Crippen LogP contribution in [0.3, 0.4) is 0 Å². The molecule has 0 fully saturated rings. The van der Waals surface area contributed by atoms with E-state index in [1.54, 1.807) is 37.3 Å². The minimum absolute atomic E-state index is 0.0226. The van der Waals surface area contributed by atoms with Crippen LogP contribution in [0.25, 0.3) is 0 Å². The minimum atomic E-state index is -3.88. The first-order valence-electron chi connectivity index (χ1n) is 9.81. The van der Waals surface area contributed by atoms with Gasteiger partial charge in [0.15, 0.2) is 11.6 Å². The summed E-state index contributed by atoms with van der Waals surface area (Å²) < 4.78 is 62.7. The van der Waals surface area contributed by atoms with Gasteiger partial charge in [0, 0.05) is 17.9 Å². The maximum absolute atomic E-state index is 14.2. The molecule has 176 valence electrons. The summed E-state index contributed by atoms with van der Waals surface area (Å²) in [5.74, 6) is -0.699. The first kappa shape index (κ1) is 24.5. The lowest BCUT2D eigenvalue weighted by Crippen LogP contribution is -2.27. The second-order valence-corrected chi connectivity index (χ2v) is 10.6. The summed E-state index contributed by atoms with van der Waals surface area (Å²) in [4.78, 5) is 7.88. The molecule has 0 spiro atoms. The number of rotatable bonds is 10. The highest BCUT2D eigenvalue weighted by molar-refractivity contribution is 7.89. The summed E-state index contributed by atoms with van der Waals surface area (Å²) >= 11 is 0. The van der Waals surface area contributed by atoms with E-state index in [1.807, 2.05) is 0 Å². The maximum atomic E-state index is 14.2. The molecule has 0 atom stereocenters. The van der Waals surface area contributed by atoms with E-state index in [4.69, 9.17) is 5.14 Å². The molecule has 3 aromatic rings. The third kappa shape index (κ3) is 7.18. The largest absolute Gasteiger partial charge is 0.338 e. The Balaban J connectivity index is 1.68. The van der Waals surface area contributed by atoms with E-state index < -0.39 is 25.9 Å². The first-order valence-corrected chi connectivity index (χ1v) is 13.0. The highest BCUT2D eigenvalue weighted by Crippen LogP contribution is 2.22. The number of nitrogens with one attached hydrogen (secondary N) is 3.